The Hall–Kier alpha value is -0.450. The molecule has 1 aromatic rings. The number of likely N-dealkylation sites (tertiary alicyclic amines) is 1. The molecule has 2 rings (SSSR count). The standard InChI is InChI=1S/C12H21N3S/c1-9(13)7-10-8-14-12(16-10)11-5-3-4-6-15(11)2/h8-9,11H,3-7,13H2,1-2H3. The second-order valence-corrected chi connectivity index (χ2v) is 5.99. The molecule has 2 unspecified atom stereocenters. The van der Waals surface area contributed by atoms with Crippen molar-refractivity contribution in [1.29, 1.82) is 0 Å². The third-order valence-corrected chi connectivity index (χ3v) is 4.27. The zero-order valence-electron chi connectivity index (χ0n) is 10.1. The fourth-order valence-electron chi connectivity index (χ4n) is 2.28. The lowest BCUT2D eigenvalue weighted by atomic mass is 10.0. The summed E-state index contributed by atoms with van der Waals surface area (Å²) in [6, 6.07) is 0.776. The minimum atomic E-state index is 0.234. The third kappa shape index (κ3) is 2.81. The van der Waals surface area contributed by atoms with E-state index in [0.29, 0.717) is 6.04 Å². The summed E-state index contributed by atoms with van der Waals surface area (Å²) in [6.45, 7) is 3.25. The predicted molar refractivity (Wildman–Crippen MR) is 68.7 cm³/mol. The fraction of sp³-hybridized carbons (Fsp3) is 0.750. The van der Waals surface area contributed by atoms with Gasteiger partial charge in [0.1, 0.15) is 5.01 Å². The van der Waals surface area contributed by atoms with Gasteiger partial charge in [0, 0.05) is 17.1 Å². The molecule has 1 aliphatic heterocycles. The molecule has 0 aliphatic carbocycles. The van der Waals surface area contributed by atoms with E-state index in [2.05, 4.69) is 16.9 Å². The van der Waals surface area contributed by atoms with Crippen molar-refractivity contribution in [3.8, 4) is 0 Å². The van der Waals surface area contributed by atoms with Crippen LogP contribution in [0.4, 0.5) is 0 Å². The van der Waals surface area contributed by atoms with E-state index >= 15 is 0 Å². The van der Waals surface area contributed by atoms with E-state index in [1.54, 1.807) is 0 Å². The van der Waals surface area contributed by atoms with Gasteiger partial charge in [-0.1, -0.05) is 6.42 Å². The molecule has 2 atom stereocenters. The van der Waals surface area contributed by atoms with E-state index < -0.39 is 0 Å². The highest BCUT2D eigenvalue weighted by molar-refractivity contribution is 7.11. The van der Waals surface area contributed by atoms with Crippen LogP contribution in [0, 0.1) is 0 Å². The van der Waals surface area contributed by atoms with Crippen molar-refractivity contribution in [2.75, 3.05) is 13.6 Å². The van der Waals surface area contributed by atoms with Crippen LogP contribution >= 0.6 is 11.3 Å². The smallest absolute Gasteiger partial charge is 0.110 e. The Bertz CT molecular complexity index is 335. The van der Waals surface area contributed by atoms with Crippen molar-refractivity contribution in [3.05, 3.63) is 16.1 Å². The van der Waals surface area contributed by atoms with E-state index in [9.17, 15) is 0 Å². The summed E-state index contributed by atoms with van der Waals surface area (Å²) in [7, 11) is 2.20. The Labute approximate surface area is 102 Å². The van der Waals surface area contributed by atoms with Crippen LogP contribution in [0.2, 0.25) is 0 Å². The summed E-state index contributed by atoms with van der Waals surface area (Å²) in [4.78, 5) is 8.32. The molecule has 1 saturated heterocycles. The van der Waals surface area contributed by atoms with Crippen molar-refractivity contribution >= 4 is 11.3 Å². The number of nitrogens with zero attached hydrogens (tertiary/aromatic N) is 2. The van der Waals surface area contributed by atoms with Crippen LogP contribution in [0.1, 0.15) is 42.1 Å². The first-order valence-electron chi connectivity index (χ1n) is 6.07. The number of aromatic nitrogens is 1. The van der Waals surface area contributed by atoms with Crippen LogP contribution in [0.15, 0.2) is 6.20 Å². The predicted octanol–water partition coefficient (Wildman–Crippen LogP) is 2.19. The maximum Gasteiger partial charge on any atom is 0.110 e. The van der Waals surface area contributed by atoms with Crippen LogP contribution in [0.25, 0.3) is 0 Å². The van der Waals surface area contributed by atoms with E-state index in [4.69, 9.17) is 5.73 Å². The summed E-state index contributed by atoms with van der Waals surface area (Å²) >= 11 is 1.84. The van der Waals surface area contributed by atoms with Gasteiger partial charge in [-0.05, 0) is 39.8 Å². The lowest BCUT2D eigenvalue weighted by Gasteiger charge is -2.30. The van der Waals surface area contributed by atoms with E-state index in [1.165, 1.54) is 35.7 Å². The van der Waals surface area contributed by atoms with Gasteiger partial charge >= 0.3 is 0 Å². The first kappa shape index (κ1) is 12.0. The van der Waals surface area contributed by atoms with Crippen LogP contribution in [-0.4, -0.2) is 29.5 Å². The Kier molecular flexibility index (Phi) is 3.95. The van der Waals surface area contributed by atoms with Gasteiger partial charge in [-0.2, -0.15) is 0 Å². The number of piperidine rings is 1. The monoisotopic (exact) mass is 239 g/mol. The summed E-state index contributed by atoms with van der Waals surface area (Å²) in [5.41, 5.74) is 5.81. The lowest BCUT2D eigenvalue weighted by Crippen LogP contribution is -2.29. The fourth-order valence-corrected chi connectivity index (χ4v) is 3.54. The first-order chi connectivity index (χ1) is 7.66. The minimum Gasteiger partial charge on any atom is -0.328 e. The van der Waals surface area contributed by atoms with Crippen molar-refractivity contribution < 1.29 is 0 Å². The highest BCUT2D eigenvalue weighted by Crippen LogP contribution is 2.32. The summed E-state index contributed by atoms with van der Waals surface area (Å²) < 4.78 is 0. The second-order valence-electron chi connectivity index (χ2n) is 4.84. The topological polar surface area (TPSA) is 42.1 Å². The molecule has 1 aliphatic rings. The summed E-state index contributed by atoms with van der Waals surface area (Å²) in [6.07, 6.45) is 6.86. The lowest BCUT2D eigenvalue weighted by molar-refractivity contribution is 0.187. The van der Waals surface area contributed by atoms with Crippen molar-refractivity contribution in [2.45, 2.75) is 44.7 Å². The van der Waals surface area contributed by atoms with Gasteiger partial charge in [0.15, 0.2) is 0 Å². The maximum atomic E-state index is 5.81. The van der Waals surface area contributed by atoms with E-state index in [1.807, 2.05) is 24.5 Å². The first-order valence-corrected chi connectivity index (χ1v) is 6.89. The zero-order valence-corrected chi connectivity index (χ0v) is 11.0. The van der Waals surface area contributed by atoms with Crippen LogP contribution in [0.5, 0.6) is 0 Å². The molecule has 0 amide bonds. The Morgan fingerprint density at radius 3 is 3.12 bits per heavy atom. The zero-order chi connectivity index (χ0) is 11.5. The van der Waals surface area contributed by atoms with Gasteiger partial charge in [0.2, 0.25) is 0 Å². The molecule has 4 heteroatoms. The van der Waals surface area contributed by atoms with Crippen molar-refractivity contribution in [2.24, 2.45) is 5.73 Å². The molecule has 1 aromatic heterocycles. The molecule has 0 bridgehead atoms. The molecule has 0 spiro atoms. The Morgan fingerprint density at radius 2 is 2.44 bits per heavy atom. The normalized spacial score (nSPS) is 24.6. The van der Waals surface area contributed by atoms with Gasteiger partial charge in [0.25, 0.3) is 0 Å². The van der Waals surface area contributed by atoms with Gasteiger partial charge < -0.3 is 5.73 Å². The molecular weight excluding hydrogens is 218 g/mol. The third-order valence-electron chi connectivity index (χ3n) is 3.15. The highest BCUT2D eigenvalue weighted by Gasteiger charge is 2.23. The van der Waals surface area contributed by atoms with E-state index in [-0.39, 0.29) is 6.04 Å². The summed E-state index contributed by atoms with van der Waals surface area (Å²) in [5.74, 6) is 0. The van der Waals surface area contributed by atoms with Crippen LogP contribution in [0.3, 0.4) is 0 Å². The maximum absolute atomic E-state index is 5.81. The van der Waals surface area contributed by atoms with Crippen LogP contribution in [-0.2, 0) is 6.42 Å². The van der Waals surface area contributed by atoms with Crippen molar-refractivity contribution in [3.63, 3.8) is 0 Å². The molecule has 1 fully saturated rings. The SMILES string of the molecule is CC(N)Cc1cnc(C2CCCCN2C)s1. The molecule has 0 radical (unpaired) electrons. The van der Waals surface area contributed by atoms with Crippen molar-refractivity contribution in [1.82, 2.24) is 9.88 Å². The highest BCUT2D eigenvalue weighted by atomic mass is 32.1. The molecule has 16 heavy (non-hydrogen) atoms. The average Bonchev–Trinajstić information content (AvgIpc) is 2.66. The molecule has 90 valence electrons. The Morgan fingerprint density at radius 1 is 1.62 bits per heavy atom. The molecular formula is C12H21N3S. The van der Waals surface area contributed by atoms with E-state index in [0.717, 1.165) is 6.42 Å². The molecule has 2 heterocycles. The molecule has 2 N–H and O–H groups in total. The molecule has 3 nitrogen and oxygen atoms in total. The summed E-state index contributed by atoms with van der Waals surface area (Å²) in [5, 5.41) is 1.28. The second kappa shape index (κ2) is 5.25. The number of hydrogen-bond donors (Lipinski definition) is 1. The molecule has 0 aromatic carbocycles. The Balaban J connectivity index is 2.05. The van der Waals surface area contributed by atoms with Gasteiger partial charge in [-0.15, -0.1) is 11.3 Å². The van der Waals surface area contributed by atoms with Crippen LogP contribution < -0.4 is 5.73 Å². The molecule has 0 saturated carbocycles. The minimum absolute atomic E-state index is 0.234. The largest absolute Gasteiger partial charge is 0.328 e. The average molecular weight is 239 g/mol. The van der Waals surface area contributed by atoms with Gasteiger partial charge in [0.05, 0.1) is 6.04 Å². The quantitative estimate of drug-likeness (QED) is 0.879. The number of thiazole rings is 1. The number of hydrogen-bond acceptors (Lipinski definition) is 4. The number of nitrogens with two attached hydrogens (primary N) is 1. The van der Waals surface area contributed by atoms with Gasteiger partial charge in [-0.3, -0.25) is 4.90 Å². The number of rotatable bonds is 3. The van der Waals surface area contributed by atoms with Gasteiger partial charge in [-0.25, -0.2) is 4.98 Å².